The first-order chi connectivity index (χ1) is 9.03. The van der Waals surface area contributed by atoms with Crippen molar-refractivity contribution in [3.05, 3.63) is 34.9 Å². The van der Waals surface area contributed by atoms with E-state index in [1.807, 2.05) is 0 Å². The van der Waals surface area contributed by atoms with E-state index in [1.54, 1.807) is 11.1 Å². The SMILES string of the molecule is CN(CCc1ccc2c(c1)CCC2)C(C)(C)CCO. The van der Waals surface area contributed by atoms with Crippen molar-refractivity contribution in [2.45, 2.75) is 51.5 Å². The molecule has 1 aliphatic rings. The molecule has 106 valence electrons. The monoisotopic (exact) mass is 261 g/mol. The summed E-state index contributed by atoms with van der Waals surface area (Å²) >= 11 is 0. The summed E-state index contributed by atoms with van der Waals surface area (Å²) in [6.45, 7) is 5.71. The number of aliphatic hydroxyl groups is 1. The molecule has 2 nitrogen and oxygen atoms in total. The topological polar surface area (TPSA) is 23.5 Å². The van der Waals surface area contributed by atoms with Gasteiger partial charge in [0.25, 0.3) is 0 Å². The lowest BCUT2D eigenvalue weighted by atomic mass is 9.98. The Morgan fingerprint density at radius 1 is 1.21 bits per heavy atom. The Morgan fingerprint density at radius 2 is 1.95 bits per heavy atom. The lowest BCUT2D eigenvalue weighted by Crippen LogP contribution is -2.42. The zero-order chi connectivity index (χ0) is 13.9. The van der Waals surface area contributed by atoms with E-state index in [2.05, 4.69) is 44.0 Å². The van der Waals surface area contributed by atoms with E-state index in [0.717, 1.165) is 19.4 Å². The molecule has 0 atom stereocenters. The summed E-state index contributed by atoms with van der Waals surface area (Å²) in [6, 6.07) is 7.00. The standard InChI is InChI=1S/C17H27NO/c1-17(2,10-12-19)18(3)11-9-14-7-8-15-5-4-6-16(15)13-14/h7-8,13,19H,4-6,9-12H2,1-3H3. The highest BCUT2D eigenvalue weighted by Crippen LogP contribution is 2.23. The molecule has 0 bridgehead atoms. The predicted octanol–water partition coefficient (Wildman–Crippen LogP) is 2.81. The van der Waals surface area contributed by atoms with E-state index in [1.165, 1.54) is 24.8 Å². The van der Waals surface area contributed by atoms with Gasteiger partial charge >= 0.3 is 0 Å². The van der Waals surface area contributed by atoms with Gasteiger partial charge < -0.3 is 10.0 Å². The molecule has 0 spiro atoms. The van der Waals surface area contributed by atoms with Crippen LogP contribution < -0.4 is 0 Å². The number of nitrogens with zero attached hydrogens (tertiary/aromatic N) is 1. The molecule has 0 saturated heterocycles. The van der Waals surface area contributed by atoms with Crippen LogP contribution >= 0.6 is 0 Å². The Hall–Kier alpha value is -0.860. The first-order valence-electron chi connectivity index (χ1n) is 7.46. The van der Waals surface area contributed by atoms with Crippen LogP contribution in [0.2, 0.25) is 0 Å². The summed E-state index contributed by atoms with van der Waals surface area (Å²) in [4.78, 5) is 2.36. The molecule has 0 saturated carbocycles. The fraction of sp³-hybridized carbons (Fsp3) is 0.647. The number of hydrogen-bond acceptors (Lipinski definition) is 2. The minimum atomic E-state index is 0.0749. The summed E-state index contributed by atoms with van der Waals surface area (Å²) in [5, 5.41) is 9.12. The molecular weight excluding hydrogens is 234 g/mol. The van der Waals surface area contributed by atoms with Crippen molar-refractivity contribution in [2.24, 2.45) is 0 Å². The van der Waals surface area contributed by atoms with Crippen molar-refractivity contribution < 1.29 is 5.11 Å². The highest BCUT2D eigenvalue weighted by Gasteiger charge is 2.22. The first kappa shape index (κ1) is 14.5. The van der Waals surface area contributed by atoms with Gasteiger partial charge in [-0.05, 0) is 69.7 Å². The number of rotatable bonds is 6. The minimum absolute atomic E-state index is 0.0749. The summed E-state index contributed by atoms with van der Waals surface area (Å²) in [5.41, 5.74) is 4.64. The van der Waals surface area contributed by atoms with Gasteiger partial charge in [-0.1, -0.05) is 18.2 Å². The number of aliphatic hydroxyl groups excluding tert-OH is 1. The fourth-order valence-corrected chi connectivity index (χ4v) is 2.84. The Labute approximate surface area is 117 Å². The van der Waals surface area contributed by atoms with Crippen LogP contribution in [0.25, 0.3) is 0 Å². The molecule has 0 heterocycles. The largest absolute Gasteiger partial charge is 0.396 e. The molecule has 1 aromatic rings. The van der Waals surface area contributed by atoms with E-state index in [9.17, 15) is 0 Å². The van der Waals surface area contributed by atoms with Crippen molar-refractivity contribution >= 4 is 0 Å². The third kappa shape index (κ3) is 3.58. The number of fused-ring (bicyclic) bond motifs is 1. The highest BCUT2D eigenvalue weighted by atomic mass is 16.3. The van der Waals surface area contributed by atoms with E-state index in [-0.39, 0.29) is 12.1 Å². The smallest absolute Gasteiger partial charge is 0.0448 e. The van der Waals surface area contributed by atoms with Gasteiger partial charge in [-0.15, -0.1) is 0 Å². The normalized spacial score (nSPS) is 15.0. The Bertz CT molecular complexity index is 425. The summed E-state index contributed by atoms with van der Waals surface area (Å²) in [7, 11) is 2.16. The molecular formula is C17H27NO. The van der Waals surface area contributed by atoms with Crippen LogP contribution in [0.1, 0.15) is 43.4 Å². The summed E-state index contributed by atoms with van der Waals surface area (Å²) < 4.78 is 0. The van der Waals surface area contributed by atoms with Crippen LogP contribution in [0.5, 0.6) is 0 Å². The molecule has 1 aromatic carbocycles. The van der Waals surface area contributed by atoms with Gasteiger partial charge in [0, 0.05) is 18.7 Å². The van der Waals surface area contributed by atoms with Crippen LogP contribution in [0.3, 0.4) is 0 Å². The lowest BCUT2D eigenvalue weighted by molar-refractivity contribution is 0.118. The van der Waals surface area contributed by atoms with Gasteiger partial charge in [0.15, 0.2) is 0 Å². The molecule has 2 rings (SSSR count). The van der Waals surface area contributed by atoms with Crippen molar-refractivity contribution in [3.63, 3.8) is 0 Å². The molecule has 0 aliphatic heterocycles. The average molecular weight is 261 g/mol. The Kier molecular flexibility index (Phi) is 4.64. The Morgan fingerprint density at radius 3 is 2.68 bits per heavy atom. The van der Waals surface area contributed by atoms with Gasteiger partial charge in [-0.25, -0.2) is 0 Å². The zero-order valence-electron chi connectivity index (χ0n) is 12.6. The van der Waals surface area contributed by atoms with Crippen molar-refractivity contribution in [1.29, 1.82) is 0 Å². The van der Waals surface area contributed by atoms with Gasteiger partial charge in [-0.3, -0.25) is 0 Å². The second-order valence-corrected chi connectivity index (χ2v) is 6.41. The average Bonchev–Trinajstić information content (AvgIpc) is 2.83. The van der Waals surface area contributed by atoms with Crippen molar-refractivity contribution in [1.82, 2.24) is 4.90 Å². The molecule has 1 aliphatic carbocycles. The zero-order valence-corrected chi connectivity index (χ0v) is 12.6. The maximum atomic E-state index is 9.12. The minimum Gasteiger partial charge on any atom is -0.396 e. The first-order valence-corrected chi connectivity index (χ1v) is 7.46. The summed E-state index contributed by atoms with van der Waals surface area (Å²) in [6.07, 6.45) is 5.77. The van der Waals surface area contributed by atoms with E-state index in [4.69, 9.17) is 5.11 Å². The predicted molar refractivity (Wildman–Crippen MR) is 80.6 cm³/mol. The van der Waals surface area contributed by atoms with Crippen molar-refractivity contribution in [3.8, 4) is 0 Å². The number of aryl methyl sites for hydroxylation is 2. The third-order valence-corrected chi connectivity index (χ3v) is 4.66. The van der Waals surface area contributed by atoms with Gasteiger partial charge in [0.1, 0.15) is 0 Å². The highest BCUT2D eigenvalue weighted by molar-refractivity contribution is 5.35. The quantitative estimate of drug-likeness (QED) is 0.851. The van der Waals surface area contributed by atoms with Gasteiger partial charge in [-0.2, -0.15) is 0 Å². The maximum Gasteiger partial charge on any atom is 0.0448 e. The second kappa shape index (κ2) is 6.06. The van der Waals surface area contributed by atoms with Gasteiger partial charge in [0.2, 0.25) is 0 Å². The van der Waals surface area contributed by atoms with Crippen LogP contribution in [0, 0.1) is 0 Å². The molecule has 0 amide bonds. The van der Waals surface area contributed by atoms with E-state index in [0.29, 0.717) is 0 Å². The van der Waals surface area contributed by atoms with E-state index < -0.39 is 0 Å². The molecule has 0 radical (unpaired) electrons. The number of likely N-dealkylation sites (N-methyl/N-ethyl adjacent to an activating group) is 1. The van der Waals surface area contributed by atoms with Crippen LogP contribution in [0.15, 0.2) is 18.2 Å². The fourth-order valence-electron chi connectivity index (χ4n) is 2.84. The maximum absolute atomic E-state index is 9.12. The summed E-state index contributed by atoms with van der Waals surface area (Å²) in [5.74, 6) is 0. The molecule has 2 heteroatoms. The molecule has 0 unspecified atom stereocenters. The molecule has 19 heavy (non-hydrogen) atoms. The van der Waals surface area contributed by atoms with Crippen LogP contribution in [-0.4, -0.2) is 35.7 Å². The molecule has 0 aromatic heterocycles. The third-order valence-electron chi connectivity index (χ3n) is 4.66. The number of benzene rings is 1. The lowest BCUT2D eigenvalue weighted by Gasteiger charge is -2.35. The van der Waals surface area contributed by atoms with Crippen LogP contribution in [-0.2, 0) is 19.3 Å². The van der Waals surface area contributed by atoms with Crippen molar-refractivity contribution in [2.75, 3.05) is 20.2 Å². The van der Waals surface area contributed by atoms with Gasteiger partial charge in [0.05, 0.1) is 0 Å². The molecule has 1 N–H and O–H groups in total. The number of hydrogen-bond donors (Lipinski definition) is 1. The molecule has 0 fully saturated rings. The van der Waals surface area contributed by atoms with Crippen LogP contribution in [0.4, 0.5) is 0 Å². The Balaban J connectivity index is 1.92. The second-order valence-electron chi connectivity index (χ2n) is 6.41. The van der Waals surface area contributed by atoms with E-state index >= 15 is 0 Å².